The SMILES string of the molecule is CN(C1CC1)C1CCC(CNC(=O)OC(C)(C)C)(c2cccc(Cl)c2)CC1. The van der Waals surface area contributed by atoms with Gasteiger partial charge >= 0.3 is 6.09 Å². The average molecular weight is 393 g/mol. The predicted molar refractivity (Wildman–Crippen MR) is 110 cm³/mol. The third-order valence-electron chi connectivity index (χ3n) is 6.02. The number of carbonyl (C=O) groups is 1. The van der Waals surface area contributed by atoms with E-state index in [1.165, 1.54) is 18.4 Å². The van der Waals surface area contributed by atoms with Crippen molar-refractivity contribution in [1.29, 1.82) is 0 Å². The topological polar surface area (TPSA) is 41.6 Å². The minimum Gasteiger partial charge on any atom is -0.444 e. The molecule has 0 radical (unpaired) electrons. The largest absolute Gasteiger partial charge is 0.444 e. The van der Waals surface area contributed by atoms with Crippen LogP contribution in [-0.4, -0.2) is 42.3 Å². The first-order chi connectivity index (χ1) is 12.7. The second kappa shape index (κ2) is 8.00. The number of nitrogens with one attached hydrogen (secondary N) is 1. The number of alkyl carbamates (subject to hydrolysis) is 1. The van der Waals surface area contributed by atoms with Crippen molar-refractivity contribution in [1.82, 2.24) is 10.2 Å². The van der Waals surface area contributed by atoms with Crippen LogP contribution in [0.2, 0.25) is 5.02 Å². The van der Waals surface area contributed by atoms with Gasteiger partial charge in [0.05, 0.1) is 0 Å². The summed E-state index contributed by atoms with van der Waals surface area (Å²) in [6.07, 6.45) is 6.72. The van der Waals surface area contributed by atoms with Crippen LogP contribution in [0.25, 0.3) is 0 Å². The molecule has 1 amide bonds. The Hall–Kier alpha value is -1.26. The highest BCUT2D eigenvalue weighted by Crippen LogP contribution is 2.42. The zero-order valence-corrected chi connectivity index (χ0v) is 17.8. The van der Waals surface area contributed by atoms with Gasteiger partial charge < -0.3 is 15.0 Å². The Morgan fingerprint density at radius 1 is 1.22 bits per heavy atom. The maximum absolute atomic E-state index is 12.2. The fourth-order valence-corrected chi connectivity index (χ4v) is 4.47. The van der Waals surface area contributed by atoms with E-state index >= 15 is 0 Å². The molecule has 0 atom stereocenters. The highest BCUT2D eigenvalue weighted by molar-refractivity contribution is 6.30. The first-order valence-corrected chi connectivity index (χ1v) is 10.5. The van der Waals surface area contributed by atoms with E-state index in [1.54, 1.807) is 0 Å². The summed E-state index contributed by atoms with van der Waals surface area (Å²) < 4.78 is 5.45. The Morgan fingerprint density at radius 2 is 1.85 bits per heavy atom. The van der Waals surface area contributed by atoms with Crippen molar-refractivity contribution < 1.29 is 9.53 Å². The summed E-state index contributed by atoms with van der Waals surface area (Å²) in [6.45, 7) is 6.25. The molecule has 0 aromatic heterocycles. The van der Waals surface area contributed by atoms with Crippen LogP contribution in [0.1, 0.15) is 64.9 Å². The molecule has 1 aromatic rings. The van der Waals surface area contributed by atoms with E-state index in [2.05, 4.69) is 29.4 Å². The third kappa shape index (κ3) is 5.39. The molecule has 1 N–H and O–H groups in total. The van der Waals surface area contributed by atoms with Gasteiger partial charge in [0.15, 0.2) is 0 Å². The minimum atomic E-state index is -0.488. The molecule has 2 fully saturated rings. The number of halogens is 1. The molecule has 0 heterocycles. The number of carbonyl (C=O) groups excluding carboxylic acids is 1. The lowest BCUT2D eigenvalue weighted by molar-refractivity contribution is 0.0499. The number of ether oxygens (including phenoxy) is 1. The lowest BCUT2D eigenvalue weighted by Crippen LogP contribution is -2.48. The van der Waals surface area contributed by atoms with Gasteiger partial charge in [0.1, 0.15) is 5.60 Å². The van der Waals surface area contributed by atoms with Gasteiger partial charge in [-0.15, -0.1) is 0 Å². The van der Waals surface area contributed by atoms with Crippen LogP contribution in [0.3, 0.4) is 0 Å². The first kappa shape index (κ1) is 20.5. The first-order valence-electron chi connectivity index (χ1n) is 10.1. The van der Waals surface area contributed by atoms with Crippen LogP contribution in [0, 0.1) is 0 Å². The Labute approximate surface area is 168 Å². The molecule has 2 aliphatic rings. The summed E-state index contributed by atoms with van der Waals surface area (Å²) in [5.41, 5.74) is 0.652. The summed E-state index contributed by atoms with van der Waals surface area (Å²) in [4.78, 5) is 14.8. The summed E-state index contributed by atoms with van der Waals surface area (Å²) >= 11 is 6.28. The second-order valence-electron chi connectivity index (χ2n) is 9.27. The lowest BCUT2D eigenvalue weighted by Gasteiger charge is -2.43. The van der Waals surface area contributed by atoms with Gasteiger partial charge in [0.2, 0.25) is 0 Å². The van der Waals surface area contributed by atoms with Crippen molar-refractivity contribution >= 4 is 17.7 Å². The van der Waals surface area contributed by atoms with Crippen molar-refractivity contribution in [2.24, 2.45) is 0 Å². The van der Waals surface area contributed by atoms with Gasteiger partial charge in [-0.2, -0.15) is 0 Å². The van der Waals surface area contributed by atoms with E-state index in [-0.39, 0.29) is 11.5 Å². The van der Waals surface area contributed by atoms with Crippen LogP contribution in [0.4, 0.5) is 4.79 Å². The smallest absolute Gasteiger partial charge is 0.407 e. The molecule has 5 heteroatoms. The van der Waals surface area contributed by atoms with E-state index in [0.29, 0.717) is 12.6 Å². The van der Waals surface area contributed by atoms with E-state index in [1.807, 2.05) is 32.9 Å². The number of rotatable bonds is 5. The normalized spacial score (nSPS) is 26.1. The lowest BCUT2D eigenvalue weighted by atomic mass is 9.68. The quantitative estimate of drug-likeness (QED) is 0.754. The van der Waals surface area contributed by atoms with E-state index in [9.17, 15) is 4.79 Å². The van der Waals surface area contributed by atoms with Crippen LogP contribution in [-0.2, 0) is 10.2 Å². The van der Waals surface area contributed by atoms with Crippen LogP contribution in [0.5, 0.6) is 0 Å². The number of amides is 1. The maximum Gasteiger partial charge on any atom is 0.407 e. The van der Waals surface area contributed by atoms with Crippen LogP contribution < -0.4 is 5.32 Å². The zero-order valence-electron chi connectivity index (χ0n) is 17.1. The summed E-state index contributed by atoms with van der Waals surface area (Å²) in [5, 5.41) is 3.78. The second-order valence-corrected chi connectivity index (χ2v) is 9.71. The monoisotopic (exact) mass is 392 g/mol. The Bertz CT molecular complexity index is 659. The van der Waals surface area contributed by atoms with Crippen molar-refractivity contribution in [2.45, 2.75) is 82.4 Å². The zero-order chi connectivity index (χ0) is 19.7. The molecular weight excluding hydrogens is 360 g/mol. The van der Waals surface area contributed by atoms with Gasteiger partial charge in [0, 0.05) is 29.1 Å². The van der Waals surface area contributed by atoms with E-state index < -0.39 is 5.60 Å². The Balaban J connectivity index is 1.71. The van der Waals surface area contributed by atoms with Gasteiger partial charge in [-0.05, 0) is 84.0 Å². The summed E-state index contributed by atoms with van der Waals surface area (Å²) in [7, 11) is 2.27. The summed E-state index contributed by atoms with van der Waals surface area (Å²) in [6, 6.07) is 9.55. The highest BCUT2D eigenvalue weighted by Gasteiger charge is 2.41. The molecule has 0 unspecified atom stereocenters. The van der Waals surface area contributed by atoms with Gasteiger partial charge in [-0.25, -0.2) is 4.79 Å². The molecule has 0 spiro atoms. The fourth-order valence-electron chi connectivity index (χ4n) is 4.28. The number of hydrogen-bond donors (Lipinski definition) is 1. The Morgan fingerprint density at radius 3 is 2.41 bits per heavy atom. The van der Waals surface area contributed by atoms with Crippen LogP contribution in [0.15, 0.2) is 24.3 Å². The molecule has 3 rings (SSSR count). The number of benzene rings is 1. The van der Waals surface area contributed by atoms with Crippen molar-refractivity contribution in [3.8, 4) is 0 Å². The fraction of sp³-hybridized carbons (Fsp3) is 0.682. The van der Waals surface area contributed by atoms with Gasteiger partial charge in [-0.3, -0.25) is 0 Å². The van der Waals surface area contributed by atoms with Crippen molar-refractivity contribution in [3.63, 3.8) is 0 Å². The Kier molecular flexibility index (Phi) is 6.07. The minimum absolute atomic E-state index is 0.0807. The number of hydrogen-bond acceptors (Lipinski definition) is 3. The molecule has 0 saturated heterocycles. The third-order valence-corrected chi connectivity index (χ3v) is 6.25. The molecule has 0 bridgehead atoms. The standard InChI is InChI=1S/C22H33ClN2O2/c1-21(2,3)27-20(26)24-15-22(16-6-5-7-17(23)14-16)12-10-19(11-13-22)25(4)18-8-9-18/h5-7,14,18-19H,8-13,15H2,1-4H3,(H,24,26). The molecule has 27 heavy (non-hydrogen) atoms. The van der Waals surface area contributed by atoms with Gasteiger partial charge in [0.25, 0.3) is 0 Å². The molecule has 2 saturated carbocycles. The highest BCUT2D eigenvalue weighted by atomic mass is 35.5. The van der Waals surface area contributed by atoms with Crippen molar-refractivity contribution in [3.05, 3.63) is 34.9 Å². The van der Waals surface area contributed by atoms with Crippen molar-refractivity contribution in [2.75, 3.05) is 13.6 Å². The molecule has 2 aliphatic carbocycles. The van der Waals surface area contributed by atoms with Gasteiger partial charge in [-0.1, -0.05) is 23.7 Å². The molecule has 150 valence electrons. The molecule has 4 nitrogen and oxygen atoms in total. The average Bonchev–Trinajstić information content (AvgIpc) is 3.43. The molecule has 0 aliphatic heterocycles. The number of nitrogens with zero attached hydrogens (tertiary/aromatic N) is 1. The summed E-state index contributed by atoms with van der Waals surface area (Å²) in [5.74, 6) is 0. The predicted octanol–water partition coefficient (Wildman–Crippen LogP) is 5.14. The molecule has 1 aromatic carbocycles. The van der Waals surface area contributed by atoms with E-state index in [4.69, 9.17) is 16.3 Å². The van der Waals surface area contributed by atoms with Crippen LogP contribution >= 0.6 is 11.6 Å². The van der Waals surface area contributed by atoms with E-state index in [0.717, 1.165) is 36.7 Å². The maximum atomic E-state index is 12.2. The molecular formula is C22H33ClN2O2.